The van der Waals surface area contributed by atoms with Crippen molar-refractivity contribution in [3.8, 4) is 5.75 Å². The lowest BCUT2D eigenvalue weighted by Crippen LogP contribution is -2.49. The highest BCUT2D eigenvalue weighted by Crippen LogP contribution is 2.18. The Hall–Kier alpha value is -2.98. The summed E-state index contributed by atoms with van der Waals surface area (Å²) in [6.45, 7) is 1.03. The number of hydrogen-bond acceptors (Lipinski definition) is 5. The topological polar surface area (TPSA) is 105 Å². The standard InChI is InChI=1S/C21H24FN3O5S/c22-17-6-8-18(9-7-17)30-13-2-1-10-24-21(27)16-4-3-5-19(14-16)31(28,29)25-12-11-23-20(26)15-25/h3-9,14H,1-2,10-13,15H2,(H,23,26)(H,24,27). The molecule has 31 heavy (non-hydrogen) atoms. The number of hydrogen-bond donors (Lipinski definition) is 2. The van der Waals surface area contributed by atoms with Crippen molar-refractivity contribution >= 4 is 21.8 Å². The van der Waals surface area contributed by atoms with E-state index < -0.39 is 10.0 Å². The Morgan fingerprint density at radius 1 is 1.16 bits per heavy atom. The molecule has 1 fully saturated rings. The third-order valence-electron chi connectivity index (χ3n) is 4.68. The molecule has 0 aromatic heterocycles. The molecule has 0 unspecified atom stereocenters. The minimum absolute atomic E-state index is 0.0254. The zero-order valence-electron chi connectivity index (χ0n) is 16.8. The molecule has 2 N–H and O–H groups in total. The molecule has 2 amide bonds. The van der Waals surface area contributed by atoms with Crippen molar-refractivity contribution in [3.63, 3.8) is 0 Å². The molecule has 1 saturated heterocycles. The summed E-state index contributed by atoms with van der Waals surface area (Å²) in [5.41, 5.74) is 0.227. The molecule has 0 spiro atoms. The number of ether oxygens (including phenoxy) is 1. The van der Waals surface area contributed by atoms with Crippen molar-refractivity contribution in [3.05, 3.63) is 59.9 Å². The van der Waals surface area contributed by atoms with Crippen molar-refractivity contribution in [1.29, 1.82) is 0 Å². The van der Waals surface area contributed by atoms with Crippen molar-refractivity contribution < 1.29 is 27.1 Å². The quantitative estimate of drug-likeness (QED) is 0.565. The van der Waals surface area contributed by atoms with Crippen LogP contribution >= 0.6 is 0 Å². The molecule has 1 aliphatic rings. The van der Waals surface area contributed by atoms with Crippen LogP contribution in [-0.4, -0.2) is 57.3 Å². The number of carbonyl (C=O) groups excluding carboxylic acids is 2. The van der Waals surface area contributed by atoms with E-state index in [1.54, 1.807) is 12.1 Å². The molecular weight excluding hydrogens is 425 g/mol. The molecule has 0 bridgehead atoms. The van der Waals surface area contributed by atoms with Crippen molar-refractivity contribution in [2.45, 2.75) is 17.7 Å². The van der Waals surface area contributed by atoms with Gasteiger partial charge in [0.2, 0.25) is 15.9 Å². The van der Waals surface area contributed by atoms with Crippen LogP contribution in [0, 0.1) is 5.82 Å². The highest BCUT2D eigenvalue weighted by molar-refractivity contribution is 7.89. The van der Waals surface area contributed by atoms with Crippen molar-refractivity contribution in [2.75, 3.05) is 32.8 Å². The molecule has 166 valence electrons. The number of unbranched alkanes of at least 4 members (excludes halogenated alkanes) is 1. The van der Waals surface area contributed by atoms with E-state index in [1.165, 1.54) is 36.4 Å². The number of benzene rings is 2. The smallest absolute Gasteiger partial charge is 0.251 e. The first-order valence-corrected chi connectivity index (χ1v) is 11.3. The number of nitrogens with zero attached hydrogens (tertiary/aromatic N) is 1. The summed E-state index contributed by atoms with van der Waals surface area (Å²) in [7, 11) is -3.86. The molecule has 2 aromatic carbocycles. The van der Waals surface area contributed by atoms with E-state index in [2.05, 4.69) is 10.6 Å². The molecule has 0 saturated carbocycles. The number of carbonyl (C=O) groups is 2. The Bertz CT molecular complexity index is 1030. The second kappa shape index (κ2) is 10.4. The average Bonchev–Trinajstić information content (AvgIpc) is 2.77. The van der Waals surface area contributed by atoms with Gasteiger partial charge in [0, 0.05) is 25.2 Å². The van der Waals surface area contributed by atoms with Gasteiger partial charge in [-0.25, -0.2) is 12.8 Å². The fourth-order valence-corrected chi connectivity index (χ4v) is 4.46. The predicted molar refractivity (Wildman–Crippen MR) is 112 cm³/mol. The molecule has 8 nitrogen and oxygen atoms in total. The highest BCUT2D eigenvalue weighted by atomic mass is 32.2. The van der Waals surface area contributed by atoms with Gasteiger partial charge in [-0.15, -0.1) is 0 Å². The van der Waals surface area contributed by atoms with E-state index in [1.807, 2.05) is 0 Å². The third kappa shape index (κ3) is 6.25. The van der Waals surface area contributed by atoms with Gasteiger partial charge in [-0.1, -0.05) is 6.07 Å². The second-order valence-electron chi connectivity index (χ2n) is 6.98. The van der Waals surface area contributed by atoms with E-state index >= 15 is 0 Å². The van der Waals surface area contributed by atoms with Gasteiger partial charge in [0.15, 0.2) is 0 Å². The Labute approximate surface area is 180 Å². The lowest BCUT2D eigenvalue weighted by atomic mass is 10.2. The van der Waals surface area contributed by atoms with Crippen LogP contribution in [0.1, 0.15) is 23.2 Å². The minimum atomic E-state index is -3.86. The molecule has 1 aliphatic heterocycles. The van der Waals surface area contributed by atoms with E-state index in [-0.39, 0.29) is 47.7 Å². The van der Waals surface area contributed by atoms with Gasteiger partial charge in [-0.3, -0.25) is 9.59 Å². The van der Waals surface area contributed by atoms with Crippen LogP contribution in [0.25, 0.3) is 0 Å². The Morgan fingerprint density at radius 3 is 2.68 bits per heavy atom. The summed E-state index contributed by atoms with van der Waals surface area (Å²) < 4.78 is 44.9. The summed E-state index contributed by atoms with van der Waals surface area (Å²) in [4.78, 5) is 23.9. The maximum Gasteiger partial charge on any atom is 0.251 e. The van der Waals surface area contributed by atoms with Gasteiger partial charge in [0.1, 0.15) is 11.6 Å². The summed E-state index contributed by atoms with van der Waals surface area (Å²) in [5, 5.41) is 5.33. The SMILES string of the molecule is O=C1CN(S(=O)(=O)c2cccc(C(=O)NCCCCOc3ccc(F)cc3)c2)CCN1. The molecular formula is C21H24FN3O5S. The molecule has 0 aliphatic carbocycles. The second-order valence-corrected chi connectivity index (χ2v) is 8.92. The van der Waals surface area contributed by atoms with Crippen LogP contribution in [0.2, 0.25) is 0 Å². The maximum atomic E-state index is 12.8. The van der Waals surface area contributed by atoms with E-state index in [9.17, 15) is 22.4 Å². The van der Waals surface area contributed by atoms with Crippen LogP contribution in [0.4, 0.5) is 4.39 Å². The number of piperazine rings is 1. The molecule has 3 rings (SSSR count). The molecule has 2 aromatic rings. The van der Waals surface area contributed by atoms with E-state index in [4.69, 9.17) is 4.74 Å². The van der Waals surface area contributed by atoms with Gasteiger partial charge >= 0.3 is 0 Å². The van der Waals surface area contributed by atoms with Crippen LogP contribution < -0.4 is 15.4 Å². The summed E-state index contributed by atoms with van der Waals surface area (Å²) in [6, 6.07) is 11.5. The highest BCUT2D eigenvalue weighted by Gasteiger charge is 2.29. The monoisotopic (exact) mass is 449 g/mol. The first kappa shape index (κ1) is 22.7. The fourth-order valence-electron chi connectivity index (χ4n) is 3.02. The lowest BCUT2D eigenvalue weighted by molar-refractivity contribution is -0.122. The molecule has 10 heteroatoms. The van der Waals surface area contributed by atoms with E-state index in [0.717, 1.165) is 4.31 Å². The predicted octanol–water partition coefficient (Wildman–Crippen LogP) is 1.54. The van der Waals surface area contributed by atoms with Gasteiger partial charge in [-0.05, 0) is 55.3 Å². The minimum Gasteiger partial charge on any atom is -0.494 e. The zero-order chi connectivity index (χ0) is 22.3. The number of amides is 2. The zero-order valence-corrected chi connectivity index (χ0v) is 17.7. The van der Waals surface area contributed by atoms with E-state index in [0.29, 0.717) is 31.7 Å². The summed E-state index contributed by atoms with van der Waals surface area (Å²) >= 11 is 0. The third-order valence-corrected chi connectivity index (χ3v) is 6.52. The van der Waals surface area contributed by atoms with Crippen molar-refractivity contribution in [2.24, 2.45) is 0 Å². The van der Waals surface area contributed by atoms with Crippen LogP contribution in [-0.2, 0) is 14.8 Å². The first-order valence-electron chi connectivity index (χ1n) is 9.90. The Morgan fingerprint density at radius 2 is 1.94 bits per heavy atom. The number of nitrogens with one attached hydrogen (secondary N) is 2. The molecule has 0 atom stereocenters. The summed E-state index contributed by atoms with van der Waals surface area (Å²) in [6.07, 6.45) is 1.34. The molecule has 0 radical (unpaired) electrons. The summed E-state index contributed by atoms with van der Waals surface area (Å²) in [5.74, 6) is -0.483. The van der Waals surface area contributed by atoms with Gasteiger partial charge in [0.25, 0.3) is 5.91 Å². The van der Waals surface area contributed by atoms with Crippen LogP contribution in [0.5, 0.6) is 5.75 Å². The van der Waals surface area contributed by atoms with Gasteiger partial charge in [-0.2, -0.15) is 4.31 Å². The van der Waals surface area contributed by atoms with Gasteiger partial charge < -0.3 is 15.4 Å². The first-order chi connectivity index (χ1) is 14.9. The fraction of sp³-hybridized carbons (Fsp3) is 0.333. The Balaban J connectivity index is 1.47. The maximum absolute atomic E-state index is 12.8. The number of rotatable bonds is 9. The lowest BCUT2D eigenvalue weighted by Gasteiger charge is -2.26. The normalized spacial score (nSPS) is 14.7. The Kier molecular flexibility index (Phi) is 7.59. The van der Waals surface area contributed by atoms with Crippen LogP contribution in [0.3, 0.4) is 0 Å². The average molecular weight is 450 g/mol. The number of halogens is 1. The van der Waals surface area contributed by atoms with Gasteiger partial charge in [0.05, 0.1) is 18.0 Å². The largest absolute Gasteiger partial charge is 0.494 e. The number of sulfonamides is 1. The molecule has 1 heterocycles. The van der Waals surface area contributed by atoms with Crippen molar-refractivity contribution in [1.82, 2.24) is 14.9 Å². The van der Waals surface area contributed by atoms with Crippen LogP contribution in [0.15, 0.2) is 53.4 Å².